The van der Waals surface area contributed by atoms with Gasteiger partial charge in [0.15, 0.2) is 0 Å². The smallest absolute Gasteiger partial charge is 0.255 e. The average Bonchev–Trinajstić information content (AvgIpc) is 3.20. The van der Waals surface area contributed by atoms with Gasteiger partial charge in [0.05, 0.1) is 0 Å². The van der Waals surface area contributed by atoms with Crippen molar-refractivity contribution >= 4 is 29.5 Å². The Hall–Kier alpha value is -1.86. The van der Waals surface area contributed by atoms with Gasteiger partial charge in [0, 0.05) is 35.5 Å². The van der Waals surface area contributed by atoms with E-state index in [1.54, 1.807) is 4.90 Å². The number of piperidine rings is 1. The molecule has 1 fully saturated rings. The van der Waals surface area contributed by atoms with Gasteiger partial charge in [-0.05, 0) is 77.0 Å². The molecule has 2 heterocycles. The van der Waals surface area contributed by atoms with E-state index < -0.39 is 6.04 Å². The van der Waals surface area contributed by atoms with Gasteiger partial charge in [0.25, 0.3) is 5.91 Å². The Morgan fingerprint density at radius 1 is 0.895 bits per heavy atom. The second-order valence-electron chi connectivity index (χ2n) is 11.5. The van der Waals surface area contributed by atoms with Crippen LogP contribution in [-0.2, 0) is 16.1 Å². The van der Waals surface area contributed by atoms with Crippen LogP contribution in [-0.4, -0.2) is 57.9 Å². The number of fused-ring (bicyclic) bond motifs is 1. The van der Waals surface area contributed by atoms with Gasteiger partial charge < -0.3 is 4.90 Å². The third-order valence-corrected chi connectivity index (χ3v) is 9.12. The Kier molecular flexibility index (Phi) is 12.6. The summed E-state index contributed by atoms with van der Waals surface area (Å²) in [6.07, 6.45) is 13.9. The fourth-order valence-electron chi connectivity index (χ4n) is 5.80. The molecule has 6 nitrogen and oxygen atoms in total. The highest BCUT2D eigenvalue weighted by molar-refractivity contribution is 7.99. The number of benzene rings is 1. The summed E-state index contributed by atoms with van der Waals surface area (Å²) in [5, 5.41) is 2.38. The normalized spacial score (nSPS) is 17.7. The monoisotopic (exact) mass is 543 g/mol. The van der Waals surface area contributed by atoms with E-state index in [0.717, 1.165) is 16.2 Å². The molecule has 1 saturated heterocycles. The second kappa shape index (κ2) is 15.7. The first-order valence-electron chi connectivity index (χ1n) is 14.9. The van der Waals surface area contributed by atoms with Gasteiger partial charge in [-0.25, -0.2) is 0 Å². The summed E-state index contributed by atoms with van der Waals surface area (Å²) in [5.41, 5.74) is 1.74. The van der Waals surface area contributed by atoms with Crippen molar-refractivity contribution in [2.24, 2.45) is 0 Å². The van der Waals surface area contributed by atoms with Crippen LogP contribution in [0.15, 0.2) is 23.1 Å². The van der Waals surface area contributed by atoms with Gasteiger partial charge in [-0.15, -0.1) is 11.8 Å². The van der Waals surface area contributed by atoms with Crippen molar-refractivity contribution in [3.05, 3.63) is 29.3 Å². The van der Waals surface area contributed by atoms with Crippen LogP contribution < -0.4 is 5.32 Å². The number of imide groups is 1. The lowest BCUT2D eigenvalue weighted by molar-refractivity contribution is -0.136. The lowest BCUT2D eigenvalue weighted by Gasteiger charge is -2.30. The van der Waals surface area contributed by atoms with E-state index in [-0.39, 0.29) is 24.1 Å². The molecule has 1 atom stereocenters. The number of amides is 3. The minimum absolute atomic E-state index is 0.0926. The first-order valence-corrected chi connectivity index (χ1v) is 15.9. The summed E-state index contributed by atoms with van der Waals surface area (Å²) in [5.74, 6) is 0.353. The van der Waals surface area contributed by atoms with E-state index in [1.807, 2.05) is 23.9 Å². The number of hydrogen-bond donors (Lipinski definition) is 1. The fraction of sp³-hybridized carbons (Fsp3) is 0.710. The van der Waals surface area contributed by atoms with Crippen LogP contribution in [0.1, 0.15) is 121 Å². The van der Waals surface area contributed by atoms with Crippen LogP contribution >= 0.6 is 11.8 Å². The average molecular weight is 544 g/mol. The van der Waals surface area contributed by atoms with E-state index in [0.29, 0.717) is 30.6 Å². The summed E-state index contributed by atoms with van der Waals surface area (Å²) in [6, 6.07) is 6.62. The zero-order valence-corrected chi connectivity index (χ0v) is 24.9. The Balaban J connectivity index is 1.25. The molecule has 2 aliphatic rings. The van der Waals surface area contributed by atoms with E-state index in [1.165, 1.54) is 70.8 Å². The number of carbonyl (C=O) groups is 3. The van der Waals surface area contributed by atoms with E-state index in [2.05, 4.69) is 44.0 Å². The summed E-state index contributed by atoms with van der Waals surface area (Å²) in [7, 11) is 0. The molecule has 0 spiro atoms. The molecule has 0 bridgehead atoms. The van der Waals surface area contributed by atoms with Crippen molar-refractivity contribution < 1.29 is 14.4 Å². The first-order chi connectivity index (χ1) is 18.3. The van der Waals surface area contributed by atoms with Gasteiger partial charge >= 0.3 is 0 Å². The second-order valence-corrected chi connectivity index (χ2v) is 12.6. The highest BCUT2D eigenvalue weighted by atomic mass is 32.2. The topological polar surface area (TPSA) is 69.7 Å². The van der Waals surface area contributed by atoms with Crippen LogP contribution in [0.3, 0.4) is 0 Å². The van der Waals surface area contributed by atoms with Crippen LogP contribution in [0.5, 0.6) is 0 Å². The van der Waals surface area contributed by atoms with Crippen molar-refractivity contribution in [1.82, 2.24) is 15.1 Å². The summed E-state index contributed by atoms with van der Waals surface area (Å²) in [6.45, 7) is 10.9. The molecule has 1 N–H and O–H groups in total. The van der Waals surface area contributed by atoms with E-state index in [4.69, 9.17) is 0 Å². The molecule has 2 aliphatic heterocycles. The molecular weight excluding hydrogens is 494 g/mol. The molecule has 212 valence electrons. The molecule has 0 saturated carbocycles. The standard InChI is InChI=1S/C31H49N3O3S/c1-23(2)33(24(3)4)20-13-11-9-7-5-6-8-10-12-14-21-38-28-17-15-16-25-26(28)22-34(31(25)37)27-18-19-29(35)32-30(27)36/h15-17,23-24,27H,5-14,18-22H2,1-4H3,(H,32,35,36). The zero-order chi connectivity index (χ0) is 27.5. The maximum Gasteiger partial charge on any atom is 0.255 e. The zero-order valence-electron chi connectivity index (χ0n) is 24.1. The predicted octanol–water partition coefficient (Wildman–Crippen LogP) is 6.56. The number of nitrogens with one attached hydrogen (secondary N) is 1. The Bertz CT molecular complexity index is 925. The number of unbranched alkanes of at least 4 members (excludes halogenated alkanes) is 9. The number of carbonyl (C=O) groups excluding carboxylic acids is 3. The largest absolute Gasteiger partial charge is 0.322 e. The first kappa shape index (κ1) is 30.7. The van der Waals surface area contributed by atoms with E-state index >= 15 is 0 Å². The van der Waals surface area contributed by atoms with Crippen LogP contribution in [0.2, 0.25) is 0 Å². The van der Waals surface area contributed by atoms with Crippen LogP contribution in [0, 0.1) is 0 Å². The highest BCUT2D eigenvalue weighted by Crippen LogP contribution is 2.34. The van der Waals surface area contributed by atoms with Gasteiger partial charge in [0.2, 0.25) is 11.8 Å². The lowest BCUT2D eigenvalue weighted by Crippen LogP contribution is -2.52. The fourth-order valence-corrected chi connectivity index (χ4v) is 6.89. The molecule has 7 heteroatoms. The van der Waals surface area contributed by atoms with Crippen LogP contribution in [0.4, 0.5) is 0 Å². The predicted molar refractivity (Wildman–Crippen MR) is 156 cm³/mol. The molecular formula is C31H49N3O3S. The maximum absolute atomic E-state index is 13.0. The van der Waals surface area contributed by atoms with Crippen molar-refractivity contribution in [2.45, 2.75) is 134 Å². The Morgan fingerprint density at radius 2 is 1.50 bits per heavy atom. The molecule has 0 radical (unpaired) electrons. The van der Waals surface area contributed by atoms with Gasteiger partial charge in [-0.3, -0.25) is 24.6 Å². The number of hydrogen-bond acceptors (Lipinski definition) is 5. The molecule has 1 unspecified atom stereocenters. The lowest BCUT2D eigenvalue weighted by atomic mass is 10.0. The summed E-state index contributed by atoms with van der Waals surface area (Å²) in [4.78, 5) is 42.2. The van der Waals surface area contributed by atoms with Gasteiger partial charge in [-0.2, -0.15) is 0 Å². The maximum atomic E-state index is 13.0. The van der Waals surface area contributed by atoms with Gasteiger partial charge in [0.1, 0.15) is 6.04 Å². The highest BCUT2D eigenvalue weighted by Gasteiger charge is 2.39. The molecule has 38 heavy (non-hydrogen) atoms. The van der Waals surface area contributed by atoms with Crippen molar-refractivity contribution in [1.29, 1.82) is 0 Å². The Morgan fingerprint density at radius 3 is 2.11 bits per heavy atom. The minimum atomic E-state index is -0.550. The quantitative estimate of drug-likeness (QED) is 0.137. The SMILES string of the molecule is CC(C)N(CCCCCCCCCCCCSc1cccc2c1CN(C1CCC(=O)NC1=O)C2=O)C(C)C. The van der Waals surface area contributed by atoms with E-state index in [9.17, 15) is 14.4 Å². The minimum Gasteiger partial charge on any atom is -0.322 e. The number of rotatable bonds is 17. The number of nitrogens with zero attached hydrogens (tertiary/aromatic N) is 2. The molecule has 3 rings (SSSR count). The summed E-state index contributed by atoms with van der Waals surface area (Å²) < 4.78 is 0. The van der Waals surface area contributed by atoms with Gasteiger partial charge in [-0.1, -0.05) is 57.4 Å². The summed E-state index contributed by atoms with van der Waals surface area (Å²) >= 11 is 1.83. The van der Waals surface area contributed by atoms with Crippen LogP contribution in [0.25, 0.3) is 0 Å². The number of thioether (sulfide) groups is 1. The molecule has 0 aromatic heterocycles. The van der Waals surface area contributed by atoms with Crippen molar-refractivity contribution in [3.63, 3.8) is 0 Å². The molecule has 0 aliphatic carbocycles. The van der Waals surface area contributed by atoms with Crippen molar-refractivity contribution in [2.75, 3.05) is 12.3 Å². The molecule has 3 amide bonds. The third-order valence-electron chi connectivity index (χ3n) is 7.93. The molecule has 1 aromatic carbocycles. The Labute approximate surface area is 234 Å². The molecule has 1 aromatic rings. The third kappa shape index (κ3) is 8.84. The van der Waals surface area contributed by atoms with Crippen molar-refractivity contribution in [3.8, 4) is 0 Å².